The topological polar surface area (TPSA) is 206 Å². The van der Waals surface area contributed by atoms with Crippen molar-refractivity contribution < 1.29 is 74.7 Å². The highest BCUT2D eigenvalue weighted by molar-refractivity contribution is 7.85. The number of allylic oxidation sites excluding steroid dienone is 3. The van der Waals surface area contributed by atoms with Gasteiger partial charge >= 0.3 is 5.97 Å². The van der Waals surface area contributed by atoms with Gasteiger partial charge in [-0.2, -0.15) is 0 Å². The van der Waals surface area contributed by atoms with E-state index >= 15 is 0 Å². The van der Waals surface area contributed by atoms with Crippen molar-refractivity contribution in [1.82, 2.24) is 4.58 Å². The van der Waals surface area contributed by atoms with Crippen LogP contribution in [0.15, 0.2) is 69.6 Å². The van der Waals surface area contributed by atoms with Gasteiger partial charge in [0.05, 0.1) is 117 Å². The second-order valence-corrected chi connectivity index (χ2v) is 20.3. The van der Waals surface area contributed by atoms with Crippen LogP contribution in [-0.2, 0) is 73.1 Å². The minimum atomic E-state index is -4.68. The lowest BCUT2D eigenvalue weighted by Gasteiger charge is -2.27. The first kappa shape index (κ1) is 61.5. The van der Waals surface area contributed by atoms with Gasteiger partial charge in [0, 0.05) is 55.6 Å². The molecule has 19 heteroatoms. The molecule has 2 heterocycles. The molecule has 3 aliphatic rings. The molecule has 73 heavy (non-hydrogen) atoms. The largest absolute Gasteiger partial charge is 0.744 e. The number of aliphatic carboxylic acids is 1. The van der Waals surface area contributed by atoms with E-state index in [4.69, 9.17) is 56.9 Å². The van der Waals surface area contributed by atoms with Crippen molar-refractivity contribution in [3.8, 4) is 11.3 Å². The van der Waals surface area contributed by atoms with Crippen molar-refractivity contribution in [1.29, 1.82) is 0 Å². The Hall–Kier alpha value is -4.09. The van der Waals surface area contributed by atoms with Crippen LogP contribution in [0.25, 0.3) is 17.4 Å². The zero-order chi connectivity index (χ0) is 53.0. The van der Waals surface area contributed by atoms with Crippen molar-refractivity contribution in [3.63, 3.8) is 0 Å². The molecular weight excluding hydrogens is 965 g/mol. The van der Waals surface area contributed by atoms with Crippen LogP contribution >= 0.6 is 0 Å². The number of rotatable bonds is 39. The molecule has 1 N–H and O–H groups in total. The van der Waals surface area contributed by atoms with Crippen LogP contribution in [0.5, 0.6) is 0 Å². The maximum absolute atomic E-state index is 12.1. The number of unbranched alkanes of at least 4 members (excludes halogenated alkanes) is 2. The first-order valence-corrected chi connectivity index (χ1v) is 26.7. The van der Waals surface area contributed by atoms with E-state index in [-0.39, 0.29) is 16.7 Å². The molecule has 0 aromatic heterocycles. The van der Waals surface area contributed by atoms with Gasteiger partial charge in [0.25, 0.3) is 0 Å². The summed E-state index contributed by atoms with van der Waals surface area (Å²) in [6, 6.07) is 12.8. The van der Waals surface area contributed by atoms with E-state index in [0.717, 1.165) is 33.4 Å². The van der Waals surface area contributed by atoms with E-state index in [1.807, 2.05) is 32.1 Å². The number of carboxylic acid groups (broad SMARTS) is 1. The third-order valence-electron chi connectivity index (χ3n) is 12.0. The summed E-state index contributed by atoms with van der Waals surface area (Å²) in [4.78, 5) is 13.0. The number of carbonyl (C=O) groups is 1. The number of methoxy groups -OCH3 is 2. The highest BCUT2D eigenvalue weighted by atomic mass is 32.2. The van der Waals surface area contributed by atoms with Gasteiger partial charge in [-0.25, -0.2) is 13.0 Å². The predicted molar refractivity (Wildman–Crippen MR) is 277 cm³/mol. The fourth-order valence-corrected chi connectivity index (χ4v) is 8.63. The lowest BCUT2D eigenvalue weighted by atomic mass is 9.82. The second kappa shape index (κ2) is 33.1. The molecule has 1 aromatic rings. The molecule has 0 saturated heterocycles. The lowest BCUT2D eigenvalue weighted by Crippen LogP contribution is -2.36. The average Bonchev–Trinajstić information content (AvgIpc) is 3.55. The van der Waals surface area contributed by atoms with Crippen LogP contribution in [0.2, 0.25) is 0 Å². The van der Waals surface area contributed by atoms with E-state index in [1.54, 1.807) is 20.3 Å². The van der Waals surface area contributed by atoms with E-state index in [9.17, 15) is 17.8 Å². The van der Waals surface area contributed by atoms with Gasteiger partial charge in [-0.05, 0) is 71.9 Å². The van der Waals surface area contributed by atoms with Crippen LogP contribution in [0, 0.1) is 0 Å². The molecule has 1 aromatic carbocycles. The number of ether oxygens (including phenoxy) is 10. The highest BCUT2D eigenvalue weighted by Gasteiger charge is 2.40. The summed E-state index contributed by atoms with van der Waals surface area (Å²) in [5, 5.41) is 10.1. The summed E-state index contributed by atoms with van der Waals surface area (Å²) < 4.78 is 101. The van der Waals surface area contributed by atoms with E-state index in [2.05, 4.69) is 54.5 Å². The van der Waals surface area contributed by atoms with Gasteiger partial charge in [0.2, 0.25) is 5.36 Å². The third kappa shape index (κ3) is 22.0. The van der Waals surface area contributed by atoms with Crippen LogP contribution in [0.4, 0.5) is 5.69 Å². The average molecular weight is 1050 g/mol. The summed E-state index contributed by atoms with van der Waals surface area (Å²) in [6.07, 6.45) is 7.92. The fraction of sp³-hybridized carbons (Fsp3) is 0.630. The van der Waals surface area contributed by atoms with Gasteiger partial charge < -0.3 is 66.3 Å². The molecule has 410 valence electrons. The number of benzene rings is 2. The van der Waals surface area contributed by atoms with Crippen molar-refractivity contribution in [2.24, 2.45) is 0 Å². The van der Waals surface area contributed by atoms with Crippen LogP contribution in [0.1, 0.15) is 77.2 Å². The maximum atomic E-state index is 12.1. The quantitative estimate of drug-likeness (QED) is 0.0388. The number of fused-ring (bicyclic) bond motifs is 2. The smallest absolute Gasteiger partial charge is 0.303 e. The first-order valence-electron chi connectivity index (χ1n) is 25.3. The molecule has 0 amide bonds. The van der Waals surface area contributed by atoms with Gasteiger partial charge in [0.1, 0.15) is 34.9 Å². The molecule has 0 bridgehead atoms. The number of nitrogens with zero attached hydrogens (tertiary/aromatic N) is 2. The number of hydrogen-bond donors (Lipinski definition) is 1. The van der Waals surface area contributed by atoms with Gasteiger partial charge in [-0.15, -0.1) is 0 Å². The molecule has 0 unspecified atom stereocenters. The normalized spacial score (nSPS) is 14.3. The fourth-order valence-electron chi connectivity index (χ4n) is 8.13. The molecular formula is C54H82N2O16S. The lowest BCUT2D eigenvalue weighted by molar-refractivity contribution is -0.137. The monoisotopic (exact) mass is 1050 g/mol. The SMILES string of the molecule is COCCOCCOCCOCCOCC[N+](CCOCCOCCOCCOCCOC)=c1ccc2c(C(C)(C)C)cc(/C=C/C=C3/N(CCCCCC(=O)O)c4ccc(S(=O)(=O)[O-])cc4C3(C)C)oc-2c1. The molecule has 2 aliphatic heterocycles. The van der Waals surface area contributed by atoms with Gasteiger partial charge in [-0.3, -0.25) is 4.79 Å². The van der Waals surface area contributed by atoms with Crippen LogP contribution < -0.4 is 14.8 Å². The molecule has 0 saturated carbocycles. The minimum absolute atomic E-state index is 0.0926. The van der Waals surface area contributed by atoms with Crippen molar-refractivity contribution in [2.45, 2.75) is 76.0 Å². The summed E-state index contributed by atoms with van der Waals surface area (Å²) in [5.41, 5.74) is 3.65. The van der Waals surface area contributed by atoms with Crippen LogP contribution in [0.3, 0.4) is 0 Å². The molecule has 18 nitrogen and oxygen atoms in total. The van der Waals surface area contributed by atoms with E-state index in [0.29, 0.717) is 169 Å². The Morgan fingerprint density at radius 3 is 1.68 bits per heavy atom. The predicted octanol–water partition coefficient (Wildman–Crippen LogP) is 6.12. The third-order valence-corrected chi connectivity index (χ3v) is 12.8. The first-order chi connectivity index (χ1) is 35.1. The Morgan fingerprint density at radius 2 is 1.21 bits per heavy atom. The van der Waals surface area contributed by atoms with E-state index in [1.165, 1.54) is 12.1 Å². The summed E-state index contributed by atoms with van der Waals surface area (Å²) >= 11 is 0. The van der Waals surface area contributed by atoms with Crippen molar-refractivity contribution >= 4 is 27.9 Å². The molecule has 0 atom stereocenters. The Bertz CT molecular complexity index is 2250. The summed E-state index contributed by atoms with van der Waals surface area (Å²) in [6.45, 7) is 20.9. The number of anilines is 1. The van der Waals surface area contributed by atoms with Crippen molar-refractivity contribution in [3.05, 3.63) is 82.6 Å². The summed E-state index contributed by atoms with van der Waals surface area (Å²) in [7, 11) is -1.40. The van der Waals surface area contributed by atoms with Gasteiger partial charge in [0.15, 0.2) is 13.1 Å². The Morgan fingerprint density at radius 1 is 0.699 bits per heavy atom. The number of hydrogen-bond acceptors (Lipinski definition) is 16. The Balaban J connectivity index is 1.52. The van der Waals surface area contributed by atoms with Gasteiger partial charge in [-0.1, -0.05) is 47.1 Å². The molecule has 4 rings (SSSR count). The minimum Gasteiger partial charge on any atom is -0.744 e. The zero-order valence-corrected chi connectivity index (χ0v) is 45.1. The summed E-state index contributed by atoms with van der Waals surface area (Å²) in [5.74, 6) is 0.517. The Labute approximate surface area is 433 Å². The highest BCUT2D eigenvalue weighted by Crippen LogP contribution is 2.48. The standard InChI is InChI=1S/C54H82N2O16S/c1-53(2,3)47-41-44(12-11-13-51-54(4,5)48-42-45(73(59,60)61)16-18-49(48)56(51)19-10-8-9-14-52(57)58)72-50-40-43(15-17-46(47)50)55(20-22-64-28-30-68-36-38-70-34-32-66-26-24-62-6)21-23-65-29-31-69-37-39-71-35-33-67-27-25-63-7/h11-13,15-18,40-42H,8-10,14,19-39H2,1-7H3,(H-,57,58,59,60,61). The Kier molecular flexibility index (Phi) is 27.8. The molecule has 0 spiro atoms. The van der Waals surface area contributed by atoms with Crippen molar-refractivity contribution in [2.75, 3.05) is 158 Å². The molecule has 0 fully saturated rings. The van der Waals surface area contributed by atoms with Crippen LogP contribution in [-0.4, -0.2) is 177 Å². The maximum Gasteiger partial charge on any atom is 0.303 e. The van der Waals surface area contributed by atoms with E-state index < -0.39 is 21.5 Å². The molecule has 1 aliphatic carbocycles. The zero-order valence-electron chi connectivity index (χ0n) is 44.3. The molecule has 0 radical (unpaired) electrons. The second-order valence-electron chi connectivity index (χ2n) is 18.9. The number of carboxylic acids is 1.